The Labute approximate surface area is 96.7 Å². The van der Waals surface area contributed by atoms with Gasteiger partial charge in [-0.05, 0) is 26.3 Å². The summed E-state index contributed by atoms with van der Waals surface area (Å²) in [5.41, 5.74) is 10.5. The smallest absolute Gasteiger partial charge is 0.0573 e. The molecule has 0 unspecified atom stereocenters. The van der Waals surface area contributed by atoms with Crippen LogP contribution in [0.4, 0.5) is 5.69 Å². The fourth-order valence-electron chi connectivity index (χ4n) is 1.84. The summed E-state index contributed by atoms with van der Waals surface area (Å²) < 4.78 is 2.15. The molecule has 2 heteroatoms. The highest BCUT2D eigenvalue weighted by atomic mass is 15.0. The molecule has 0 aliphatic heterocycles. The van der Waals surface area contributed by atoms with Gasteiger partial charge in [-0.1, -0.05) is 29.8 Å². The molecule has 84 valence electrons. The van der Waals surface area contributed by atoms with E-state index in [2.05, 4.69) is 55.8 Å². The number of anilines is 1. The summed E-state index contributed by atoms with van der Waals surface area (Å²) >= 11 is 0. The van der Waals surface area contributed by atoms with E-state index in [4.69, 9.17) is 5.73 Å². The summed E-state index contributed by atoms with van der Waals surface area (Å²) in [5, 5.41) is 0. The molecule has 0 bridgehead atoms. The van der Waals surface area contributed by atoms with Crippen LogP contribution < -0.4 is 5.73 Å². The van der Waals surface area contributed by atoms with Gasteiger partial charge in [0.25, 0.3) is 0 Å². The Balaban J connectivity index is 2.48. The molecule has 1 aromatic heterocycles. The molecule has 1 aromatic carbocycles. The maximum atomic E-state index is 6.04. The first-order valence-corrected chi connectivity index (χ1v) is 5.62. The molecule has 16 heavy (non-hydrogen) atoms. The summed E-state index contributed by atoms with van der Waals surface area (Å²) in [4.78, 5) is 0. The van der Waals surface area contributed by atoms with Crippen LogP contribution in [0.1, 0.15) is 25.5 Å². The van der Waals surface area contributed by atoms with Gasteiger partial charge in [-0.2, -0.15) is 0 Å². The molecular weight excluding hydrogens is 196 g/mol. The number of hydrogen-bond acceptors (Lipinski definition) is 1. The van der Waals surface area contributed by atoms with Crippen LogP contribution in [0.25, 0.3) is 11.1 Å². The van der Waals surface area contributed by atoms with Crippen molar-refractivity contribution in [2.24, 2.45) is 0 Å². The molecule has 1 heterocycles. The Morgan fingerprint density at radius 3 is 2.50 bits per heavy atom. The zero-order valence-electron chi connectivity index (χ0n) is 10.1. The largest absolute Gasteiger partial charge is 0.397 e. The van der Waals surface area contributed by atoms with Gasteiger partial charge < -0.3 is 10.3 Å². The van der Waals surface area contributed by atoms with E-state index in [0.717, 1.165) is 11.3 Å². The van der Waals surface area contributed by atoms with Crippen molar-refractivity contribution in [1.29, 1.82) is 0 Å². The molecule has 0 saturated heterocycles. The predicted octanol–water partition coefficient (Wildman–Crippen LogP) is 3.63. The Morgan fingerprint density at radius 1 is 1.19 bits per heavy atom. The lowest BCUT2D eigenvalue weighted by atomic mass is 10.1. The minimum Gasteiger partial charge on any atom is -0.397 e. The van der Waals surface area contributed by atoms with Crippen LogP contribution in [-0.4, -0.2) is 4.57 Å². The van der Waals surface area contributed by atoms with E-state index >= 15 is 0 Å². The fraction of sp³-hybridized carbons (Fsp3) is 0.286. The van der Waals surface area contributed by atoms with Crippen molar-refractivity contribution in [3.8, 4) is 11.1 Å². The Morgan fingerprint density at radius 2 is 1.94 bits per heavy atom. The highest BCUT2D eigenvalue weighted by Crippen LogP contribution is 2.28. The van der Waals surface area contributed by atoms with Gasteiger partial charge in [0, 0.05) is 24.0 Å². The van der Waals surface area contributed by atoms with Gasteiger partial charge in [0.1, 0.15) is 0 Å². The molecule has 0 fully saturated rings. The van der Waals surface area contributed by atoms with Crippen LogP contribution in [-0.2, 0) is 0 Å². The monoisotopic (exact) mass is 214 g/mol. The lowest BCUT2D eigenvalue weighted by Gasteiger charge is -2.05. The maximum Gasteiger partial charge on any atom is 0.0573 e. The topological polar surface area (TPSA) is 30.9 Å². The molecule has 0 spiro atoms. The average molecular weight is 214 g/mol. The lowest BCUT2D eigenvalue weighted by Crippen LogP contribution is -1.95. The molecule has 0 atom stereocenters. The van der Waals surface area contributed by atoms with Crippen molar-refractivity contribution >= 4 is 5.69 Å². The number of nitrogens with two attached hydrogens (primary N) is 1. The summed E-state index contributed by atoms with van der Waals surface area (Å²) in [5.74, 6) is 0. The molecule has 2 rings (SSSR count). The zero-order valence-corrected chi connectivity index (χ0v) is 10.1. The summed E-state index contributed by atoms with van der Waals surface area (Å²) in [7, 11) is 0. The first kappa shape index (κ1) is 10.8. The third-order valence-corrected chi connectivity index (χ3v) is 2.80. The number of aryl methyl sites for hydroxylation is 1. The second kappa shape index (κ2) is 4.05. The third-order valence-electron chi connectivity index (χ3n) is 2.80. The van der Waals surface area contributed by atoms with E-state index < -0.39 is 0 Å². The number of aromatic nitrogens is 1. The minimum absolute atomic E-state index is 0.445. The van der Waals surface area contributed by atoms with Gasteiger partial charge in [-0.15, -0.1) is 0 Å². The van der Waals surface area contributed by atoms with E-state index in [9.17, 15) is 0 Å². The highest BCUT2D eigenvalue weighted by molar-refractivity contribution is 5.76. The van der Waals surface area contributed by atoms with Crippen LogP contribution in [0.2, 0.25) is 0 Å². The number of nitrogen functional groups attached to an aromatic ring is 1. The van der Waals surface area contributed by atoms with Crippen LogP contribution in [0.15, 0.2) is 36.7 Å². The van der Waals surface area contributed by atoms with Crippen LogP contribution in [0, 0.1) is 6.92 Å². The summed E-state index contributed by atoms with van der Waals surface area (Å²) in [6.45, 7) is 6.40. The van der Waals surface area contributed by atoms with Crippen molar-refractivity contribution in [2.75, 3.05) is 5.73 Å². The maximum absolute atomic E-state index is 6.04. The average Bonchev–Trinajstić information content (AvgIpc) is 2.60. The van der Waals surface area contributed by atoms with Gasteiger partial charge in [-0.25, -0.2) is 0 Å². The van der Waals surface area contributed by atoms with Crippen molar-refractivity contribution in [3.05, 3.63) is 42.2 Å². The molecule has 2 aromatic rings. The van der Waals surface area contributed by atoms with Gasteiger partial charge in [0.05, 0.1) is 5.69 Å². The van der Waals surface area contributed by atoms with Gasteiger partial charge in [0.2, 0.25) is 0 Å². The normalized spacial score (nSPS) is 11.0. The second-order valence-corrected chi connectivity index (χ2v) is 4.54. The molecule has 2 N–H and O–H groups in total. The lowest BCUT2D eigenvalue weighted by molar-refractivity contribution is 0.604. The van der Waals surface area contributed by atoms with Crippen molar-refractivity contribution in [2.45, 2.75) is 26.8 Å². The first-order valence-electron chi connectivity index (χ1n) is 5.62. The molecule has 0 amide bonds. The van der Waals surface area contributed by atoms with Crippen LogP contribution in [0.3, 0.4) is 0 Å². The Bertz CT molecular complexity index is 495. The van der Waals surface area contributed by atoms with Crippen molar-refractivity contribution in [1.82, 2.24) is 4.57 Å². The molecule has 0 aliphatic carbocycles. The minimum atomic E-state index is 0.445. The molecule has 0 radical (unpaired) electrons. The molecule has 0 saturated carbocycles. The Kier molecular flexibility index (Phi) is 2.73. The Hall–Kier alpha value is -1.70. The highest BCUT2D eigenvalue weighted by Gasteiger charge is 2.07. The second-order valence-electron chi connectivity index (χ2n) is 4.54. The van der Waals surface area contributed by atoms with Gasteiger partial charge >= 0.3 is 0 Å². The van der Waals surface area contributed by atoms with Crippen LogP contribution in [0.5, 0.6) is 0 Å². The standard InChI is InChI=1S/C14H18N2/c1-10(2)16-8-13(14(15)9-16)12-6-4-5-11(3)7-12/h4-10H,15H2,1-3H3. The number of nitrogens with zero attached hydrogens (tertiary/aromatic N) is 1. The van der Waals surface area contributed by atoms with E-state index in [1.807, 2.05) is 6.20 Å². The van der Waals surface area contributed by atoms with E-state index in [0.29, 0.717) is 6.04 Å². The zero-order chi connectivity index (χ0) is 11.7. The molecule has 2 nitrogen and oxygen atoms in total. The number of benzene rings is 1. The SMILES string of the molecule is Cc1cccc(-c2cn(C(C)C)cc2N)c1. The number of rotatable bonds is 2. The third kappa shape index (κ3) is 1.96. The van der Waals surface area contributed by atoms with Crippen molar-refractivity contribution < 1.29 is 0 Å². The van der Waals surface area contributed by atoms with Gasteiger partial charge in [-0.3, -0.25) is 0 Å². The fourth-order valence-corrected chi connectivity index (χ4v) is 1.84. The summed E-state index contributed by atoms with van der Waals surface area (Å²) in [6, 6.07) is 8.87. The molecule has 0 aliphatic rings. The van der Waals surface area contributed by atoms with E-state index in [-0.39, 0.29) is 0 Å². The quantitative estimate of drug-likeness (QED) is 0.813. The van der Waals surface area contributed by atoms with E-state index in [1.54, 1.807) is 0 Å². The van der Waals surface area contributed by atoms with Gasteiger partial charge in [0.15, 0.2) is 0 Å². The van der Waals surface area contributed by atoms with E-state index in [1.165, 1.54) is 11.1 Å². The first-order chi connectivity index (χ1) is 7.58. The predicted molar refractivity (Wildman–Crippen MR) is 69.4 cm³/mol. The van der Waals surface area contributed by atoms with Crippen LogP contribution >= 0.6 is 0 Å². The summed E-state index contributed by atoms with van der Waals surface area (Å²) in [6.07, 6.45) is 4.12. The van der Waals surface area contributed by atoms with Crippen molar-refractivity contribution in [3.63, 3.8) is 0 Å². The number of hydrogen-bond donors (Lipinski definition) is 1. The molecular formula is C14H18N2.